The second-order valence-electron chi connectivity index (χ2n) is 5.49. The SMILES string of the molecule is COCCn1nc(CC(N)=O)nc1-c1scc2c1CCCC2. The quantitative estimate of drug-likeness (QED) is 0.875. The van der Waals surface area contributed by atoms with E-state index in [1.165, 1.54) is 28.8 Å². The van der Waals surface area contributed by atoms with Crippen molar-refractivity contribution in [3.05, 3.63) is 22.3 Å². The first kappa shape index (κ1) is 15.2. The molecule has 0 radical (unpaired) electrons. The standard InChI is InChI=1S/C15H20N4O2S/c1-21-7-6-19-15(17-13(18-19)8-12(16)20)14-11-5-3-2-4-10(11)9-22-14/h9H,2-8H2,1H3,(H2,16,20). The molecular weight excluding hydrogens is 300 g/mol. The molecule has 0 spiro atoms. The smallest absolute Gasteiger partial charge is 0.225 e. The van der Waals surface area contributed by atoms with Gasteiger partial charge in [0, 0.05) is 7.11 Å². The van der Waals surface area contributed by atoms with Crippen LogP contribution in [0.5, 0.6) is 0 Å². The van der Waals surface area contributed by atoms with Crippen LogP contribution in [0.15, 0.2) is 5.38 Å². The number of methoxy groups -OCH3 is 1. The Labute approximate surface area is 133 Å². The molecule has 22 heavy (non-hydrogen) atoms. The Hall–Kier alpha value is -1.73. The Kier molecular flexibility index (Phi) is 4.54. The van der Waals surface area contributed by atoms with Gasteiger partial charge in [-0.05, 0) is 42.2 Å². The highest BCUT2D eigenvalue weighted by Crippen LogP contribution is 2.36. The fourth-order valence-corrected chi connectivity index (χ4v) is 3.98. The topological polar surface area (TPSA) is 83.0 Å². The van der Waals surface area contributed by atoms with Gasteiger partial charge < -0.3 is 10.5 Å². The van der Waals surface area contributed by atoms with Crippen LogP contribution in [0.25, 0.3) is 10.7 Å². The minimum Gasteiger partial charge on any atom is -0.383 e. The number of hydrogen-bond donors (Lipinski definition) is 1. The minimum absolute atomic E-state index is 0.0700. The van der Waals surface area contributed by atoms with Gasteiger partial charge in [0.2, 0.25) is 5.91 Å². The molecule has 1 amide bonds. The normalized spacial score (nSPS) is 14.0. The highest BCUT2D eigenvalue weighted by molar-refractivity contribution is 7.13. The van der Waals surface area contributed by atoms with Crippen molar-refractivity contribution in [2.24, 2.45) is 5.73 Å². The molecule has 0 saturated carbocycles. The molecule has 0 atom stereocenters. The molecule has 0 aromatic carbocycles. The van der Waals surface area contributed by atoms with Gasteiger partial charge in [0.25, 0.3) is 0 Å². The summed E-state index contributed by atoms with van der Waals surface area (Å²) < 4.78 is 6.98. The molecule has 0 bridgehead atoms. The molecule has 3 rings (SSSR count). The van der Waals surface area contributed by atoms with Crippen LogP contribution in [0, 0.1) is 0 Å². The van der Waals surface area contributed by atoms with E-state index in [9.17, 15) is 4.79 Å². The Balaban J connectivity index is 1.98. The molecule has 0 saturated heterocycles. The molecule has 6 nitrogen and oxygen atoms in total. The van der Waals surface area contributed by atoms with Gasteiger partial charge in [-0.2, -0.15) is 5.10 Å². The molecule has 0 fully saturated rings. The maximum Gasteiger partial charge on any atom is 0.225 e. The van der Waals surface area contributed by atoms with Crippen LogP contribution in [-0.4, -0.2) is 34.4 Å². The van der Waals surface area contributed by atoms with Crippen molar-refractivity contribution in [3.63, 3.8) is 0 Å². The summed E-state index contributed by atoms with van der Waals surface area (Å²) in [6, 6.07) is 0. The zero-order valence-corrected chi connectivity index (χ0v) is 13.5. The maximum absolute atomic E-state index is 11.1. The largest absolute Gasteiger partial charge is 0.383 e. The third-order valence-corrected chi connectivity index (χ3v) is 4.93. The van der Waals surface area contributed by atoms with Crippen molar-refractivity contribution in [2.45, 2.75) is 38.6 Å². The van der Waals surface area contributed by atoms with Gasteiger partial charge >= 0.3 is 0 Å². The van der Waals surface area contributed by atoms with Crippen molar-refractivity contribution in [1.82, 2.24) is 14.8 Å². The number of ether oxygens (including phenoxy) is 1. The number of nitrogens with two attached hydrogens (primary N) is 1. The summed E-state index contributed by atoms with van der Waals surface area (Å²) >= 11 is 1.72. The Morgan fingerprint density at radius 1 is 1.45 bits per heavy atom. The number of aromatic nitrogens is 3. The highest BCUT2D eigenvalue weighted by atomic mass is 32.1. The predicted octanol–water partition coefficient (Wildman–Crippen LogP) is 1.56. The number of amides is 1. The summed E-state index contributed by atoms with van der Waals surface area (Å²) in [6.45, 7) is 1.17. The average Bonchev–Trinajstić information content (AvgIpc) is 3.08. The van der Waals surface area contributed by atoms with Crippen LogP contribution in [0.3, 0.4) is 0 Å². The van der Waals surface area contributed by atoms with Gasteiger partial charge in [0.1, 0.15) is 0 Å². The molecule has 2 heterocycles. The first-order chi connectivity index (χ1) is 10.7. The van der Waals surface area contributed by atoms with E-state index < -0.39 is 5.91 Å². The lowest BCUT2D eigenvalue weighted by Crippen LogP contribution is -2.15. The van der Waals surface area contributed by atoms with E-state index >= 15 is 0 Å². The van der Waals surface area contributed by atoms with E-state index in [0.717, 1.165) is 18.7 Å². The van der Waals surface area contributed by atoms with E-state index in [0.29, 0.717) is 19.0 Å². The first-order valence-electron chi connectivity index (χ1n) is 7.49. The molecule has 2 aromatic rings. The van der Waals surface area contributed by atoms with Crippen molar-refractivity contribution >= 4 is 17.2 Å². The number of primary amides is 1. The third-order valence-electron chi connectivity index (χ3n) is 3.86. The zero-order chi connectivity index (χ0) is 15.5. The Morgan fingerprint density at radius 3 is 3.05 bits per heavy atom. The number of carbonyl (C=O) groups excluding carboxylic acids is 1. The Bertz CT molecular complexity index is 677. The zero-order valence-electron chi connectivity index (χ0n) is 12.7. The van der Waals surface area contributed by atoms with Gasteiger partial charge in [0.15, 0.2) is 11.6 Å². The van der Waals surface area contributed by atoms with Gasteiger partial charge in [-0.25, -0.2) is 9.67 Å². The van der Waals surface area contributed by atoms with E-state index in [2.05, 4.69) is 15.5 Å². The van der Waals surface area contributed by atoms with Crippen LogP contribution in [0.1, 0.15) is 29.8 Å². The monoisotopic (exact) mass is 320 g/mol. The summed E-state index contributed by atoms with van der Waals surface area (Å²) in [5.41, 5.74) is 8.09. The van der Waals surface area contributed by atoms with E-state index in [1.807, 2.05) is 4.68 Å². The minimum atomic E-state index is -0.413. The number of nitrogens with zero attached hydrogens (tertiary/aromatic N) is 3. The average molecular weight is 320 g/mol. The third kappa shape index (κ3) is 3.05. The molecular formula is C15H20N4O2S. The van der Waals surface area contributed by atoms with Crippen LogP contribution >= 0.6 is 11.3 Å². The molecule has 2 N–H and O–H groups in total. The van der Waals surface area contributed by atoms with E-state index in [-0.39, 0.29) is 6.42 Å². The van der Waals surface area contributed by atoms with Gasteiger partial charge in [-0.3, -0.25) is 4.79 Å². The van der Waals surface area contributed by atoms with Gasteiger partial charge in [-0.1, -0.05) is 0 Å². The van der Waals surface area contributed by atoms with Crippen molar-refractivity contribution in [2.75, 3.05) is 13.7 Å². The van der Waals surface area contributed by atoms with Crippen LogP contribution in [0.2, 0.25) is 0 Å². The van der Waals surface area contributed by atoms with Crippen LogP contribution in [0.4, 0.5) is 0 Å². The summed E-state index contributed by atoms with van der Waals surface area (Å²) in [6.07, 6.45) is 4.78. The fourth-order valence-electron chi connectivity index (χ4n) is 2.83. The molecule has 1 aliphatic rings. The summed E-state index contributed by atoms with van der Waals surface area (Å²) in [5.74, 6) is 0.904. The lowest BCUT2D eigenvalue weighted by atomic mass is 9.94. The van der Waals surface area contributed by atoms with Crippen LogP contribution < -0.4 is 5.73 Å². The van der Waals surface area contributed by atoms with Crippen molar-refractivity contribution < 1.29 is 9.53 Å². The van der Waals surface area contributed by atoms with Crippen molar-refractivity contribution in [1.29, 1.82) is 0 Å². The number of fused-ring (bicyclic) bond motifs is 1. The van der Waals surface area contributed by atoms with E-state index in [1.54, 1.807) is 18.4 Å². The molecule has 7 heteroatoms. The molecule has 1 aliphatic carbocycles. The first-order valence-corrected chi connectivity index (χ1v) is 8.37. The fraction of sp³-hybridized carbons (Fsp3) is 0.533. The summed E-state index contributed by atoms with van der Waals surface area (Å²) in [7, 11) is 1.66. The van der Waals surface area contributed by atoms with Gasteiger partial charge in [-0.15, -0.1) is 11.3 Å². The summed E-state index contributed by atoms with van der Waals surface area (Å²) in [5, 5.41) is 6.65. The summed E-state index contributed by atoms with van der Waals surface area (Å²) in [4.78, 5) is 16.9. The molecule has 0 unspecified atom stereocenters. The van der Waals surface area contributed by atoms with Gasteiger partial charge in [0.05, 0.1) is 24.4 Å². The maximum atomic E-state index is 11.1. The van der Waals surface area contributed by atoms with E-state index in [4.69, 9.17) is 10.5 Å². The number of carbonyl (C=O) groups is 1. The second-order valence-corrected chi connectivity index (χ2v) is 6.37. The number of aryl methyl sites for hydroxylation is 1. The van der Waals surface area contributed by atoms with Crippen LogP contribution in [-0.2, 0) is 35.3 Å². The molecule has 2 aromatic heterocycles. The Morgan fingerprint density at radius 2 is 2.27 bits per heavy atom. The predicted molar refractivity (Wildman–Crippen MR) is 84.8 cm³/mol. The number of rotatable bonds is 6. The second kappa shape index (κ2) is 6.58. The lowest BCUT2D eigenvalue weighted by Gasteiger charge is -2.13. The number of thiophene rings is 1. The molecule has 0 aliphatic heterocycles. The van der Waals surface area contributed by atoms with Crippen molar-refractivity contribution in [3.8, 4) is 10.7 Å². The number of hydrogen-bond acceptors (Lipinski definition) is 5. The lowest BCUT2D eigenvalue weighted by molar-refractivity contribution is -0.117. The highest BCUT2D eigenvalue weighted by Gasteiger charge is 2.21. The molecule has 118 valence electrons.